The molecule has 6 nitrogen and oxygen atoms in total. The van der Waals surface area contributed by atoms with Crippen molar-refractivity contribution >= 4 is 11.5 Å². The van der Waals surface area contributed by atoms with Crippen LogP contribution >= 0.6 is 0 Å². The van der Waals surface area contributed by atoms with Crippen LogP contribution in [0, 0.1) is 0 Å². The van der Waals surface area contributed by atoms with Gasteiger partial charge in [-0.1, -0.05) is 82.7 Å². The van der Waals surface area contributed by atoms with Crippen molar-refractivity contribution in [3.05, 3.63) is 48.3 Å². The number of rotatable bonds is 19. The summed E-state index contributed by atoms with van der Waals surface area (Å²) >= 11 is 0. The number of carbonyl (C=O) groups is 1. The smallest absolute Gasteiger partial charge is 0.335 e. The minimum absolute atomic E-state index is 0.347. The number of ether oxygens (including phenoxy) is 2. The Morgan fingerprint density at radius 2 is 1.43 bits per heavy atom. The number of allylic oxidation sites excluding steroid dienone is 1. The first-order valence-corrected chi connectivity index (χ1v) is 13.2. The molecule has 0 spiro atoms. The zero-order valence-electron chi connectivity index (χ0n) is 21.5. The topological polar surface area (TPSA) is 81.5 Å². The van der Waals surface area contributed by atoms with Crippen molar-refractivity contribution < 1.29 is 19.4 Å². The molecule has 6 heteroatoms. The molecule has 2 rings (SSSR count). The summed E-state index contributed by atoms with van der Waals surface area (Å²) in [6, 6.07) is 7.37. The monoisotopic (exact) mass is 482 g/mol. The second-order valence-corrected chi connectivity index (χ2v) is 8.82. The van der Waals surface area contributed by atoms with Crippen LogP contribution < -0.4 is 4.74 Å². The van der Waals surface area contributed by atoms with Gasteiger partial charge in [0.1, 0.15) is 0 Å². The van der Waals surface area contributed by atoms with Gasteiger partial charge in [0.15, 0.2) is 11.6 Å². The summed E-state index contributed by atoms with van der Waals surface area (Å²) in [6.07, 6.45) is 17.3. The standard InChI is InChI=1S/C29H42N2O4/c1-3-5-7-9-10-14-27(29(32)33)24-15-17-25(18-16-24)28-30-22-26(23-31-28)35-21-13-12-20-34-19-11-8-6-4-2/h14-18,22-23H,3-13,19-21H2,1-2H3,(H,32,33). The fraction of sp³-hybridized carbons (Fsp3) is 0.552. The highest BCUT2D eigenvalue weighted by Gasteiger charge is 2.11. The maximum absolute atomic E-state index is 11.7. The van der Waals surface area contributed by atoms with Gasteiger partial charge in [-0.15, -0.1) is 0 Å². The average Bonchev–Trinajstić information content (AvgIpc) is 2.88. The predicted octanol–water partition coefficient (Wildman–Crippen LogP) is 7.34. The fourth-order valence-electron chi connectivity index (χ4n) is 3.71. The summed E-state index contributed by atoms with van der Waals surface area (Å²) in [4.78, 5) is 20.5. The zero-order valence-corrected chi connectivity index (χ0v) is 21.5. The van der Waals surface area contributed by atoms with Crippen molar-refractivity contribution in [2.45, 2.75) is 84.5 Å². The number of aromatic nitrogens is 2. The van der Waals surface area contributed by atoms with Crippen LogP contribution in [0.15, 0.2) is 42.7 Å². The Bertz CT molecular complexity index is 863. The van der Waals surface area contributed by atoms with Gasteiger partial charge in [0, 0.05) is 18.8 Å². The molecule has 2 aromatic rings. The maximum Gasteiger partial charge on any atom is 0.335 e. The average molecular weight is 483 g/mol. The molecule has 0 bridgehead atoms. The Hall–Kier alpha value is -2.73. The van der Waals surface area contributed by atoms with Crippen molar-refractivity contribution in [1.29, 1.82) is 0 Å². The first-order valence-electron chi connectivity index (χ1n) is 13.2. The van der Waals surface area contributed by atoms with Crippen LogP contribution in [0.4, 0.5) is 0 Å². The van der Waals surface area contributed by atoms with Gasteiger partial charge in [-0.05, 0) is 37.7 Å². The van der Waals surface area contributed by atoms with Gasteiger partial charge in [0.2, 0.25) is 0 Å². The molecule has 0 aliphatic heterocycles. The number of hydrogen-bond donors (Lipinski definition) is 1. The molecule has 0 radical (unpaired) electrons. The largest absolute Gasteiger partial charge is 0.490 e. The molecule has 1 aromatic carbocycles. The number of nitrogens with zero attached hydrogens (tertiary/aromatic N) is 2. The summed E-state index contributed by atoms with van der Waals surface area (Å²) in [7, 11) is 0. The van der Waals surface area contributed by atoms with Crippen LogP contribution in [0.2, 0.25) is 0 Å². The Morgan fingerprint density at radius 1 is 0.829 bits per heavy atom. The minimum Gasteiger partial charge on any atom is -0.490 e. The first-order chi connectivity index (χ1) is 17.2. The SMILES string of the molecule is CCCCCCC=C(C(=O)O)c1ccc(-c2ncc(OCCCCOCCCCCC)cn2)cc1. The van der Waals surface area contributed by atoms with E-state index in [0.29, 0.717) is 29.3 Å². The molecular formula is C29H42N2O4. The third-order valence-electron chi connectivity index (χ3n) is 5.81. The van der Waals surface area contributed by atoms with E-state index in [2.05, 4.69) is 23.8 Å². The van der Waals surface area contributed by atoms with Crippen LogP contribution in [-0.2, 0) is 9.53 Å². The third kappa shape index (κ3) is 11.5. The van der Waals surface area contributed by atoms with Crippen molar-refractivity contribution in [2.75, 3.05) is 19.8 Å². The fourth-order valence-corrected chi connectivity index (χ4v) is 3.71. The molecule has 1 N–H and O–H groups in total. The van der Waals surface area contributed by atoms with Crippen LogP contribution in [0.1, 0.15) is 90.0 Å². The second-order valence-electron chi connectivity index (χ2n) is 8.82. The third-order valence-corrected chi connectivity index (χ3v) is 5.81. The first kappa shape index (κ1) is 28.5. The van der Waals surface area contributed by atoms with Gasteiger partial charge < -0.3 is 14.6 Å². The van der Waals surface area contributed by atoms with E-state index >= 15 is 0 Å². The summed E-state index contributed by atoms with van der Waals surface area (Å²) in [5, 5.41) is 9.60. The summed E-state index contributed by atoms with van der Waals surface area (Å²) < 4.78 is 11.4. The highest BCUT2D eigenvalue weighted by Crippen LogP contribution is 2.22. The Labute approximate surface area is 210 Å². The number of carboxylic acids is 1. The molecule has 0 fully saturated rings. The van der Waals surface area contributed by atoms with E-state index in [1.54, 1.807) is 12.4 Å². The molecule has 0 aliphatic carbocycles. The molecule has 1 heterocycles. The van der Waals surface area contributed by atoms with Gasteiger partial charge in [0.25, 0.3) is 0 Å². The lowest BCUT2D eigenvalue weighted by Gasteiger charge is -2.08. The summed E-state index contributed by atoms with van der Waals surface area (Å²) in [5.74, 6) is 0.329. The van der Waals surface area contributed by atoms with Crippen molar-refractivity contribution in [3.8, 4) is 17.1 Å². The summed E-state index contributed by atoms with van der Waals surface area (Å²) in [5.41, 5.74) is 1.88. The molecule has 1 aromatic heterocycles. The van der Waals surface area contributed by atoms with Gasteiger partial charge in [-0.2, -0.15) is 0 Å². The molecule has 0 unspecified atom stereocenters. The number of benzene rings is 1. The molecule has 35 heavy (non-hydrogen) atoms. The van der Waals surface area contributed by atoms with E-state index in [-0.39, 0.29) is 0 Å². The number of aliphatic carboxylic acids is 1. The lowest BCUT2D eigenvalue weighted by molar-refractivity contribution is -0.130. The molecule has 0 saturated carbocycles. The highest BCUT2D eigenvalue weighted by molar-refractivity contribution is 6.15. The van der Waals surface area contributed by atoms with E-state index in [1.807, 2.05) is 30.3 Å². The number of unbranched alkanes of at least 4 members (excludes halogenated alkanes) is 8. The van der Waals surface area contributed by atoms with E-state index in [9.17, 15) is 9.90 Å². The Kier molecular flexibility index (Phi) is 14.4. The van der Waals surface area contributed by atoms with Gasteiger partial charge in [0.05, 0.1) is 24.6 Å². The predicted molar refractivity (Wildman–Crippen MR) is 142 cm³/mol. The molecule has 0 amide bonds. The van der Waals surface area contributed by atoms with Gasteiger partial charge in [-0.3, -0.25) is 0 Å². The Balaban J connectivity index is 1.77. The molecule has 0 saturated heterocycles. The Morgan fingerprint density at radius 3 is 2.06 bits per heavy atom. The van der Waals surface area contributed by atoms with E-state index in [0.717, 1.165) is 57.3 Å². The summed E-state index contributed by atoms with van der Waals surface area (Å²) in [6.45, 7) is 6.62. The minimum atomic E-state index is -0.899. The van der Waals surface area contributed by atoms with Crippen LogP contribution in [0.3, 0.4) is 0 Å². The lowest BCUT2D eigenvalue weighted by atomic mass is 10.0. The normalized spacial score (nSPS) is 11.5. The van der Waals surface area contributed by atoms with E-state index in [1.165, 1.54) is 32.1 Å². The van der Waals surface area contributed by atoms with E-state index < -0.39 is 5.97 Å². The van der Waals surface area contributed by atoms with Crippen molar-refractivity contribution in [1.82, 2.24) is 9.97 Å². The molecular weight excluding hydrogens is 440 g/mol. The second kappa shape index (κ2) is 17.7. The van der Waals surface area contributed by atoms with E-state index in [4.69, 9.17) is 9.47 Å². The molecule has 0 aliphatic rings. The lowest BCUT2D eigenvalue weighted by Crippen LogP contribution is -2.02. The maximum atomic E-state index is 11.7. The quantitative estimate of drug-likeness (QED) is 0.167. The van der Waals surface area contributed by atoms with Crippen LogP contribution in [0.25, 0.3) is 17.0 Å². The number of carboxylic acid groups (broad SMARTS) is 1. The molecule has 192 valence electrons. The number of hydrogen-bond acceptors (Lipinski definition) is 5. The zero-order chi connectivity index (χ0) is 25.1. The van der Waals surface area contributed by atoms with Gasteiger partial charge >= 0.3 is 5.97 Å². The van der Waals surface area contributed by atoms with Crippen molar-refractivity contribution in [2.24, 2.45) is 0 Å². The van der Waals surface area contributed by atoms with Crippen LogP contribution in [-0.4, -0.2) is 40.9 Å². The van der Waals surface area contributed by atoms with Gasteiger partial charge in [-0.25, -0.2) is 14.8 Å². The van der Waals surface area contributed by atoms with Crippen molar-refractivity contribution in [3.63, 3.8) is 0 Å². The highest BCUT2D eigenvalue weighted by atomic mass is 16.5. The van der Waals surface area contributed by atoms with Crippen LogP contribution in [0.5, 0.6) is 5.75 Å². The molecule has 0 atom stereocenters.